The molecule has 19 heavy (non-hydrogen) atoms. The number of phosphoric acid groups is 1. The average molecular weight is 304 g/mol. The molecule has 0 aromatic heterocycles. The topological polar surface area (TPSA) is 81.7 Å². The fourth-order valence-electron chi connectivity index (χ4n) is 1.29. The van der Waals surface area contributed by atoms with Gasteiger partial charge < -0.3 is 23.6 Å². The molecule has 0 aliphatic rings. The summed E-state index contributed by atoms with van der Waals surface area (Å²) in [5.74, 6) is 0.855. The largest absolute Gasteiger partial charge is 1.00 e. The van der Waals surface area contributed by atoms with Crippen molar-refractivity contribution in [1.82, 2.24) is 0 Å². The van der Waals surface area contributed by atoms with Gasteiger partial charge in [-0.3, -0.25) is 0 Å². The molecule has 0 spiro atoms. The number of rotatable bonds is 5. The molecular formula is C11H15Na2O5P. The molecule has 0 heterocycles. The van der Waals surface area contributed by atoms with Gasteiger partial charge in [0.25, 0.3) is 0 Å². The van der Waals surface area contributed by atoms with Gasteiger partial charge in [-0.2, -0.15) is 0 Å². The van der Waals surface area contributed by atoms with Gasteiger partial charge in [0.15, 0.2) is 6.79 Å². The fraction of sp³-hybridized carbons (Fsp3) is 0.455. The van der Waals surface area contributed by atoms with E-state index in [0.29, 0.717) is 11.7 Å². The van der Waals surface area contributed by atoms with E-state index in [0.717, 1.165) is 11.1 Å². The second kappa shape index (κ2) is 9.96. The van der Waals surface area contributed by atoms with Gasteiger partial charge in [0.1, 0.15) is 5.75 Å². The summed E-state index contributed by atoms with van der Waals surface area (Å²) in [5.41, 5.74) is 1.92. The molecule has 0 radical (unpaired) electrons. The van der Waals surface area contributed by atoms with E-state index in [2.05, 4.69) is 4.52 Å². The third-order valence-electron chi connectivity index (χ3n) is 2.30. The SMILES string of the molecule is Cc1ccc(C(C)C)cc1OCOP(=O)([O-])[O-].[Na+].[Na+]. The van der Waals surface area contributed by atoms with Crippen molar-refractivity contribution in [1.29, 1.82) is 0 Å². The molecule has 1 rings (SSSR count). The van der Waals surface area contributed by atoms with Gasteiger partial charge in [-0.15, -0.1) is 0 Å². The van der Waals surface area contributed by atoms with Crippen LogP contribution >= 0.6 is 7.82 Å². The Morgan fingerprint density at radius 1 is 1.26 bits per heavy atom. The molecule has 0 bridgehead atoms. The summed E-state index contributed by atoms with van der Waals surface area (Å²) < 4.78 is 19.4. The van der Waals surface area contributed by atoms with Gasteiger partial charge in [0, 0.05) is 0 Å². The van der Waals surface area contributed by atoms with Gasteiger partial charge in [-0.1, -0.05) is 26.0 Å². The molecule has 1 aromatic rings. The maximum atomic E-state index is 10.3. The van der Waals surface area contributed by atoms with Crippen LogP contribution in [0.3, 0.4) is 0 Å². The maximum Gasteiger partial charge on any atom is 1.00 e. The minimum absolute atomic E-state index is 0. The summed E-state index contributed by atoms with van der Waals surface area (Å²) in [4.78, 5) is 20.5. The zero-order valence-corrected chi connectivity index (χ0v) is 16.9. The molecule has 8 heteroatoms. The third-order valence-corrected chi connectivity index (χ3v) is 2.73. The van der Waals surface area contributed by atoms with Gasteiger partial charge in [-0.25, -0.2) is 0 Å². The number of aryl methyl sites for hydroxylation is 1. The number of hydrogen-bond acceptors (Lipinski definition) is 5. The molecular weight excluding hydrogens is 289 g/mol. The minimum Gasteiger partial charge on any atom is -0.790 e. The van der Waals surface area contributed by atoms with Crippen LogP contribution in [0.5, 0.6) is 5.75 Å². The Labute approximate surface area is 157 Å². The van der Waals surface area contributed by atoms with E-state index in [-0.39, 0.29) is 59.1 Å². The molecule has 0 atom stereocenters. The van der Waals surface area contributed by atoms with E-state index in [1.54, 1.807) is 0 Å². The van der Waals surface area contributed by atoms with Crippen LogP contribution in [0.2, 0.25) is 0 Å². The summed E-state index contributed by atoms with van der Waals surface area (Å²) in [6.45, 7) is 5.31. The first-order valence-electron chi connectivity index (χ1n) is 5.19. The maximum absolute atomic E-state index is 10.3. The Kier molecular flexibility index (Phi) is 11.7. The number of phosphoric ester groups is 1. The van der Waals surface area contributed by atoms with Crippen LogP contribution < -0.4 is 73.6 Å². The molecule has 5 nitrogen and oxygen atoms in total. The Morgan fingerprint density at radius 2 is 1.84 bits per heavy atom. The molecule has 0 aliphatic heterocycles. The standard InChI is InChI=1S/C11H17O5P.2Na/c1-8(2)10-5-4-9(3)11(6-10)15-7-16-17(12,13)14;;/h4-6,8H,7H2,1-3H3,(H2,12,13,14);;/q;2*+1/p-2. The molecule has 0 unspecified atom stereocenters. The first kappa shape index (κ1) is 22.4. The summed E-state index contributed by atoms with van der Waals surface area (Å²) in [5, 5.41) is 0. The van der Waals surface area contributed by atoms with Crippen LogP contribution in [-0.2, 0) is 9.09 Å². The first-order chi connectivity index (χ1) is 7.79. The molecule has 1 aromatic carbocycles. The third kappa shape index (κ3) is 8.89. The second-order valence-corrected chi connectivity index (χ2v) is 5.17. The van der Waals surface area contributed by atoms with Crippen LogP contribution in [0.1, 0.15) is 30.9 Å². The molecule has 0 N–H and O–H groups in total. The Morgan fingerprint density at radius 3 is 2.32 bits per heavy atom. The Hall–Kier alpha value is 1.13. The van der Waals surface area contributed by atoms with Crippen LogP contribution in [-0.4, -0.2) is 6.79 Å². The first-order valence-corrected chi connectivity index (χ1v) is 6.65. The monoisotopic (exact) mass is 304 g/mol. The molecule has 0 fully saturated rings. The zero-order valence-electron chi connectivity index (χ0n) is 12.0. The summed E-state index contributed by atoms with van der Waals surface area (Å²) in [6.07, 6.45) is 0. The van der Waals surface area contributed by atoms with Gasteiger partial charge in [0.2, 0.25) is 0 Å². The van der Waals surface area contributed by atoms with E-state index in [1.165, 1.54) is 0 Å². The van der Waals surface area contributed by atoms with Crippen LogP contribution in [0.25, 0.3) is 0 Å². The van der Waals surface area contributed by atoms with Crippen molar-refractivity contribution in [2.24, 2.45) is 0 Å². The minimum atomic E-state index is -4.97. The molecule has 0 amide bonds. The van der Waals surface area contributed by atoms with E-state index in [9.17, 15) is 14.4 Å². The average Bonchev–Trinajstić information content (AvgIpc) is 2.18. The Bertz CT molecular complexity index is 433. The molecule has 0 aliphatic carbocycles. The predicted molar refractivity (Wildman–Crippen MR) is 59.5 cm³/mol. The van der Waals surface area contributed by atoms with Gasteiger partial charge in [-0.05, 0) is 30.0 Å². The second-order valence-electron chi connectivity index (χ2n) is 4.02. The van der Waals surface area contributed by atoms with Crippen LogP contribution in [0, 0.1) is 6.92 Å². The van der Waals surface area contributed by atoms with E-state index in [1.807, 2.05) is 39.0 Å². The summed E-state index contributed by atoms with van der Waals surface area (Å²) in [7, 11) is -4.97. The Balaban J connectivity index is 0. The van der Waals surface area contributed by atoms with Crippen LogP contribution in [0.4, 0.5) is 0 Å². The predicted octanol–water partition coefficient (Wildman–Crippen LogP) is -4.69. The molecule has 96 valence electrons. The van der Waals surface area contributed by atoms with Gasteiger partial charge >= 0.3 is 59.1 Å². The van der Waals surface area contributed by atoms with Crippen molar-refractivity contribution < 1.29 is 82.7 Å². The van der Waals surface area contributed by atoms with Crippen molar-refractivity contribution in [3.8, 4) is 5.75 Å². The van der Waals surface area contributed by atoms with Crippen LogP contribution in [0.15, 0.2) is 18.2 Å². The summed E-state index contributed by atoms with van der Waals surface area (Å²) >= 11 is 0. The normalized spacial score (nSPS) is 10.6. The van der Waals surface area contributed by atoms with E-state index >= 15 is 0 Å². The fourth-order valence-corrected chi connectivity index (χ4v) is 1.47. The van der Waals surface area contributed by atoms with Gasteiger partial charge in [0.05, 0.1) is 7.82 Å². The van der Waals surface area contributed by atoms with E-state index < -0.39 is 14.6 Å². The smallest absolute Gasteiger partial charge is 0.790 e. The molecule has 0 saturated heterocycles. The van der Waals surface area contributed by atoms with Crippen molar-refractivity contribution >= 4 is 7.82 Å². The quantitative estimate of drug-likeness (QED) is 0.310. The number of hydrogen-bond donors (Lipinski definition) is 0. The van der Waals surface area contributed by atoms with E-state index in [4.69, 9.17) is 4.74 Å². The van der Waals surface area contributed by atoms with Crippen molar-refractivity contribution in [3.05, 3.63) is 29.3 Å². The number of ether oxygens (including phenoxy) is 1. The van der Waals surface area contributed by atoms with Crippen molar-refractivity contribution in [2.45, 2.75) is 26.7 Å². The summed E-state index contributed by atoms with van der Waals surface area (Å²) in [6, 6.07) is 5.66. The zero-order chi connectivity index (χ0) is 13.1. The van der Waals surface area contributed by atoms with Crippen molar-refractivity contribution in [3.63, 3.8) is 0 Å². The molecule has 0 saturated carbocycles. The number of benzene rings is 1. The van der Waals surface area contributed by atoms with Crippen molar-refractivity contribution in [2.75, 3.05) is 6.79 Å².